The fourth-order valence-corrected chi connectivity index (χ4v) is 4.41. The van der Waals surface area contributed by atoms with Crippen molar-refractivity contribution in [2.24, 2.45) is 5.92 Å². The van der Waals surface area contributed by atoms with Crippen molar-refractivity contribution in [1.29, 1.82) is 0 Å². The predicted molar refractivity (Wildman–Crippen MR) is 108 cm³/mol. The number of carbonyl (C=O) groups excluding carboxylic acids is 1. The molecule has 4 heterocycles. The van der Waals surface area contributed by atoms with Gasteiger partial charge in [-0.2, -0.15) is 28.2 Å². The lowest BCUT2D eigenvalue weighted by Gasteiger charge is -2.54. The van der Waals surface area contributed by atoms with Crippen LogP contribution in [-0.4, -0.2) is 61.4 Å². The normalized spacial score (nSPS) is 20.6. The lowest BCUT2D eigenvalue weighted by Crippen LogP contribution is -2.65. The molecule has 2 saturated heterocycles. The molecule has 0 N–H and O–H groups in total. The Morgan fingerprint density at radius 2 is 1.84 bits per heavy atom. The van der Waals surface area contributed by atoms with Crippen LogP contribution in [0.5, 0.6) is 0 Å². The molecule has 166 valence electrons. The highest BCUT2D eigenvalue weighted by Crippen LogP contribution is 2.37. The molecule has 2 aromatic heterocycles. The molecule has 0 bridgehead atoms. The Morgan fingerprint density at radius 3 is 2.59 bits per heavy atom. The molecule has 1 aromatic carbocycles. The van der Waals surface area contributed by atoms with E-state index in [9.17, 15) is 18.0 Å². The second kappa shape index (κ2) is 7.57. The number of anilines is 1. The number of rotatable bonds is 3. The molecular formula is C21H20F3N7O. The van der Waals surface area contributed by atoms with Gasteiger partial charge < -0.3 is 9.80 Å². The zero-order chi connectivity index (χ0) is 22.5. The van der Waals surface area contributed by atoms with Crippen LogP contribution in [0.2, 0.25) is 0 Å². The van der Waals surface area contributed by atoms with Gasteiger partial charge in [0.1, 0.15) is 5.82 Å². The highest BCUT2D eigenvalue weighted by atomic mass is 19.4. The summed E-state index contributed by atoms with van der Waals surface area (Å²) in [6.45, 7) is 3.14. The Morgan fingerprint density at radius 1 is 1.09 bits per heavy atom. The zero-order valence-corrected chi connectivity index (χ0v) is 17.2. The summed E-state index contributed by atoms with van der Waals surface area (Å²) < 4.78 is 39.5. The Bertz CT molecular complexity index is 1150. The standard InChI is InChI=1S/C21H20F3N7O/c1-13-10-18(28-20(27-13)21(22,23)24)30-11-14-6-9-29(12-17(14)30)19(32)15-4-2-3-5-16(15)31-25-7-8-26-31/h2-5,7-8,10,14,17H,6,9,11-12H2,1H3/t14?,17-/m0/s1. The van der Waals surface area contributed by atoms with E-state index in [0.717, 1.165) is 6.42 Å². The van der Waals surface area contributed by atoms with Gasteiger partial charge in [0, 0.05) is 37.3 Å². The van der Waals surface area contributed by atoms with E-state index in [1.807, 2.05) is 11.0 Å². The van der Waals surface area contributed by atoms with Crippen molar-refractivity contribution >= 4 is 11.7 Å². The van der Waals surface area contributed by atoms with Gasteiger partial charge in [0.15, 0.2) is 0 Å². The third-order valence-electron chi connectivity index (χ3n) is 6.00. The predicted octanol–water partition coefficient (Wildman–Crippen LogP) is 2.74. The lowest BCUT2D eigenvalue weighted by molar-refractivity contribution is -0.145. The Hall–Kier alpha value is -3.50. The minimum Gasteiger partial charge on any atom is -0.351 e. The zero-order valence-electron chi connectivity index (χ0n) is 17.2. The molecule has 1 unspecified atom stereocenters. The Labute approximate surface area is 181 Å². The van der Waals surface area contributed by atoms with Crippen molar-refractivity contribution in [3.8, 4) is 5.69 Å². The average Bonchev–Trinajstić information content (AvgIpc) is 3.28. The second-order valence-corrected chi connectivity index (χ2v) is 8.04. The summed E-state index contributed by atoms with van der Waals surface area (Å²) in [7, 11) is 0. The molecule has 8 nitrogen and oxygen atoms in total. The molecule has 2 aliphatic rings. The van der Waals surface area contributed by atoms with Crippen LogP contribution in [0.3, 0.4) is 0 Å². The highest BCUT2D eigenvalue weighted by molar-refractivity contribution is 5.97. The summed E-state index contributed by atoms with van der Waals surface area (Å²) in [5, 5.41) is 8.24. The molecule has 2 atom stereocenters. The monoisotopic (exact) mass is 443 g/mol. The molecule has 32 heavy (non-hydrogen) atoms. The number of aryl methyl sites for hydroxylation is 1. The number of hydrogen-bond acceptors (Lipinski definition) is 6. The number of likely N-dealkylation sites (tertiary alicyclic amines) is 1. The van der Waals surface area contributed by atoms with Crippen molar-refractivity contribution in [3.05, 3.63) is 59.8 Å². The average molecular weight is 443 g/mol. The van der Waals surface area contributed by atoms with Crippen molar-refractivity contribution in [2.75, 3.05) is 24.5 Å². The maximum absolute atomic E-state index is 13.3. The third-order valence-corrected chi connectivity index (χ3v) is 6.00. The number of hydrogen-bond donors (Lipinski definition) is 0. The lowest BCUT2D eigenvalue weighted by atomic mass is 9.82. The molecule has 0 saturated carbocycles. The summed E-state index contributed by atoms with van der Waals surface area (Å²) in [6.07, 6.45) is -0.745. The summed E-state index contributed by atoms with van der Waals surface area (Å²) in [4.78, 5) is 25.6. The highest BCUT2D eigenvalue weighted by Gasteiger charge is 2.45. The maximum atomic E-state index is 13.3. The van der Waals surface area contributed by atoms with Crippen LogP contribution < -0.4 is 4.90 Å². The van der Waals surface area contributed by atoms with E-state index < -0.39 is 12.0 Å². The fraction of sp³-hybridized carbons (Fsp3) is 0.381. The van der Waals surface area contributed by atoms with Crippen molar-refractivity contribution in [1.82, 2.24) is 29.9 Å². The number of nitrogens with zero attached hydrogens (tertiary/aromatic N) is 7. The van der Waals surface area contributed by atoms with Gasteiger partial charge in [-0.25, -0.2) is 9.97 Å². The summed E-state index contributed by atoms with van der Waals surface area (Å²) >= 11 is 0. The van der Waals surface area contributed by atoms with E-state index in [2.05, 4.69) is 20.2 Å². The van der Waals surface area contributed by atoms with Gasteiger partial charge in [0.25, 0.3) is 5.91 Å². The molecule has 3 aromatic rings. The van der Waals surface area contributed by atoms with E-state index in [4.69, 9.17) is 0 Å². The van der Waals surface area contributed by atoms with Gasteiger partial charge in [-0.15, -0.1) is 0 Å². The topological polar surface area (TPSA) is 80.0 Å². The SMILES string of the molecule is Cc1cc(N2CC3CCN(C(=O)c4ccccc4-n4nccn4)C[C@@H]32)nc(C(F)(F)F)n1. The number of para-hydroxylation sites is 1. The largest absolute Gasteiger partial charge is 0.451 e. The first-order chi connectivity index (χ1) is 15.3. The number of benzene rings is 1. The number of halogens is 3. The van der Waals surface area contributed by atoms with E-state index in [1.165, 1.54) is 24.1 Å². The molecule has 11 heteroatoms. The smallest absolute Gasteiger partial charge is 0.351 e. The number of alkyl halides is 3. The molecule has 0 aliphatic carbocycles. The number of carbonyl (C=O) groups is 1. The summed E-state index contributed by atoms with van der Waals surface area (Å²) in [6, 6.07) is 8.58. The van der Waals surface area contributed by atoms with E-state index in [1.54, 1.807) is 29.2 Å². The fourth-order valence-electron chi connectivity index (χ4n) is 4.41. The van der Waals surface area contributed by atoms with Crippen LogP contribution in [0.4, 0.5) is 19.0 Å². The third kappa shape index (κ3) is 3.57. The molecule has 0 radical (unpaired) electrons. The quantitative estimate of drug-likeness (QED) is 0.619. The van der Waals surface area contributed by atoms with Gasteiger partial charge in [-0.05, 0) is 25.5 Å². The minimum absolute atomic E-state index is 0.0851. The van der Waals surface area contributed by atoms with Crippen LogP contribution in [0, 0.1) is 12.8 Å². The molecule has 2 fully saturated rings. The molecule has 1 amide bonds. The minimum atomic E-state index is -4.61. The van der Waals surface area contributed by atoms with E-state index in [-0.39, 0.29) is 23.5 Å². The summed E-state index contributed by atoms with van der Waals surface area (Å²) in [5.41, 5.74) is 1.32. The van der Waals surface area contributed by atoms with Gasteiger partial charge in [-0.3, -0.25) is 4.79 Å². The second-order valence-electron chi connectivity index (χ2n) is 8.04. The Balaban J connectivity index is 1.38. The van der Waals surface area contributed by atoms with Gasteiger partial charge in [0.05, 0.1) is 29.7 Å². The van der Waals surface area contributed by atoms with Crippen molar-refractivity contribution < 1.29 is 18.0 Å². The van der Waals surface area contributed by atoms with Crippen LogP contribution in [-0.2, 0) is 6.18 Å². The van der Waals surface area contributed by atoms with Gasteiger partial charge in [0.2, 0.25) is 5.82 Å². The molecule has 2 aliphatic heterocycles. The van der Waals surface area contributed by atoms with Gasteiger partial charge in [-0.1, -0.05) is 12.1 Å². The molecule has 5 rings (SSSR count). The Kier molecular flexibility index (Phi) is 4.83. The molecule has 0 spiro atoms. The first-order valence-electron chi connectivity index (χ1n) is 10.3. The van der Waals surface area contributed by atoms with Crippen molar-refractivity contribution in [2.45, 2.75) is 25.6 Å². The van der Waals surface area contributed by atoms with Crippen LogP contribution in [0.1, 0.15) is 28.3 Å². The van der Waals surface area contributed by atoms with Crippen LogP contribution in [0.25, 0.3) is 5.69 Å². The first-order valence-corrected chi connectivity index (χ1v) is 10.3. The van der Waals surface area contributed by atoms with Crippen LogP contribution >= 0.6 is 0 Å². The maximum Gasteiger partial charge on any atom is 0.451 e. The van der Waals surface area contributed by atoms with Crippen LogP contribution in [0.15, 0.2) is 42.7 Å². The number of amides is 1. The van der Waals surface area contributed by atoms with E-state index in [0.29, 0.717) is 36.8 Å². The van der Waals surface area contributed by atoms with E-state index >= 15 is 0 Å². The van der Waals surface area contributed by atoms with Crippen molar-refractivity contribution in [3.63, 3.8) is 0 Å². The number of aromatic nitrogens is 5. The molecular weight excluding hydrogens is 423 g/mol. The number of piperidine rings is 1. The first kappa shape index (κ1) is 20.4. The number of fused-ring (bicyclic) bond motifs is 1. The summed E-state index contributed by atoms with van der Waals surface area (Å²) in [5.74, 6) is -0.730. The van der Waals surface area contributed by atoms with Gasteiger partial charge >= 0.3 is 6.18 Å².